The molecule has 4 amide bonds. The first-order valence-electron chi connectivity index (χ1n) is 18.4. The third-order valence-corrected chi connectivity index (χ3v) is 11.0. The summed E-state index contributed by atoms with van der Waals surface area (Å²) < 4.78 is 62.5. The summed E-state index contributed by atoms with van der Waals surface area (Å²) in [5.41, 5.74) is -1.57. The van der Waals surface area contributed by atoms with Gasteiger partial charge >= 0.3 is 6.18 Å². The maximum absolute atomic E-state index is 15.5. The van der Waals surface area contributed by atoms with Crippen molar-refractivity contribution in [2.75, 3.05) is 66.3 Å². The van der Waals surface area contributed by atoms with Crippen LogP contribution >= 0.6 is 12.2 Å². The summed E-state index contributed by atoms with van der Waals surface area (Å²) in [6.07, 6.45) is -2.77. The number of anilines is 4. The molecule has 1 unspecified atom stereocenters. The largest absolute Gasteiger partial charge is 0.489 e. The quantitative estimate of drug-likeness (QED) is 0.142. The van der Waals surface area contributed by atoms with Gasteiger partial charge in [0, 0.05) is 62.3 Å². The number of nitrogens with one attached hydrogen (secondary N) is 3. The van der Waals surface area contributed by atoms with Crippen LogP contribution in [0.15, 0.2) is 60.7 Å². The molecule has 0 radical (unpaired) electrons. The number of carbonyl (C=O) groups is 4. The number of amides is 4. The lowest BCUT2D eigenvalue weighted by Gasteiger charge is -2.43. The number of carbonyl (C=O) groups excluding carboxylic acids is 4. The number of rotatable bonds is 11. The van der Waals surface area contributed by atoms with E-state index in [1.165, 1.54) is 29.2 Å². The van der Waals surface area contributed by atoms with Crippen LogP contribution in [0.5, 0.6) is 5.75 Å². The smallest absolute Gasteiger partial charge is 0.417 e. The van der Waals surface area contributed by atoms with E-state index in [4.69, 9.17) is 17.0 Å². The van der Waals surface area contributed by atoms with Gasteiger partial charge in [0.25, 0.3) is 5.91 Å². The molecule has 4 aliphatic rings. The van der Waals surface area contributed by atoms with Gasteiger partial charge in [-0.2, -0.15) is 18.4 Å². The van der Waals surface area contributed by atoms with Gasteiger partial charge in [0.2, 0.25) is 17.7 Å². The van der Waals surface area contributed by atoms with Crippen LogP contribution in [0.4, 0.5) is 40.3 Å². The second-order valence-electron chi connectivity index (χ2n) is 14.3. The molecule has 3 N–H and O–H groups in total. The molecule has 13 nitrogen and oxygen atoms in total. The van der Waals surface area contributed by atoms with Crippen molar-refractivity contribution in [3.8, 4) is 11.8 Å². The van der Waals surface area contributed by atoms with E-state index in [1.807, 2.05) is 4.90 Å². The van der Waals surface area contributed by atoms with E-state index in [0.717, 1.165) is 17.0 Å². The first-order valence-corrected chi connectivity index (χ1v) is 18.8. The van der Waals surface area contributed by atoms with Gasteiger partial charge in [0.05, 0.1) is 29.4 Å². The molecule has 57 heavy (non-hydrogen) atoms. The van der Waals surface area contributed by atoms with E-state index in [1.54, 1.807) is 30.3 Å². The summed E-state index contributed by atoms with van der Waals surface area (Å²) in [6.45, 7) is 3.43. The highest BCUT2D eigenvalue weighted by molar-refractivity contribution is 7.81. The molecular formula is C39H38F4N8O5S. The van der Waals surface area contributed by atoms with Crippen LogP contribution in [0.2, 0.25) is 0 Å². The molecule has 7 rings (SSSR count). The second-order valence-corrected chi connectivity index (χ2v) is 14.7. The third-order valence-electron chi connectivity index (χ3n) is 10.7. The van der Waals surface area contributed by atoms with Crippen LogP contribution in [-0.2, 0) is 25.4 Å². The second kappa shape index (κ2) is 16.1. The van der Waals surface area contributed by atoms with Crippen LogP contribution in [0, 0.1) is 17.1 Å². The Hall–Kier alpha value is -5.64. The van der Waals surface area contributed by atoms with E-state index in [2.05, 4.69) is 20.9 Å². The molecule has 18 heteroatoms. The van der Waals surface area contributed by atoms with Gasteiger partial charge in [-0.25, -0.2) is 4.39 Å². The number of imide groups is 1. The van der Waals surface area contributed by atoms with Crippen LogP contribution in [-0.4, -0.2) is 96.0 Å². The zero-order chi connectivity index (χ0) is 40.5. The van der Waals surface area contributed by atoms with E-state index in [-0.39, 0.29) is 59.5 Å². The lowest BCUT2D eigenvalue weighted by Crippen LogP contribution is -2.55. The van der Waals surface area contributed by atoms with Gasteiger partial charge in [-0.05, 0) is 86.4 Å². The number of ether oxygens (including phenoxy) is 1. The van der Waals surface area contributed by atoms with Crippen LogP contribution in [0.1, 0.15) is 43.2 Å². The molecule has 3 heterocycles. The van der Waals surface area contributed by atoms with Gasteiger partial charge in [-0.15, -0.1) is 0 Å². The first-order chi connectivity index (χ1) is 27.3. The summed E-state index contributed by atoms with van der Waals surface area (Å²) in [7, 11) is 0. The number of halogens is 4. The van der Waals surface area contributed by atoms with Crippen LogP contribution in [0.25, 0.3) is 0 Å². The summed E-state index contributed by atoms with van der Waals surface area (Å²) >= 11 is 5.64. The molecule has 298 valence electrons. The number of thiocarbonyl (C=S) groups is 1. The highest BCUT2D eigenvalue weighted by Gasteiger charge is 2.59. The number of hydrogen-bond acceptors (Lipinski definition) is 10. The Bertz CT molecular complexity index is 2150. The van der Waals surface area contributed by atoms with Gasteiger partial charge in [-0.3, -0.25) is 39.2 Å². The molecule has 1 atom stereocenters. The normalized spacial score (nSPS) is 19.9. The third kappa shape index (κ3) is 8.27. The van der Waals surface area contributed by atoms with Crippen LogP contribution < -0.4 is 30.5 Å². The van der Waals surface area contributed by atoms with E-state index in [0.29, 0.717) is 69.8 Å². The molecule has 1 aliphatic carbocycles. The van der Waals surface area contributed by atoms with Crippen molar-refractivity contribution >= 4 is 63.7 Å². The molecule has 1 spiro atoms. The summed E-state index contributed by atoms with van der Waals surface area (Å²) in [5.74, 6) is -2.08. The molecule has 1 saturated carbocycles. The minimum Gasteiger partial charge on any atom is -0.489 e. The van der Waals surface area contributed by atoms with E-state index < -0.39 is 40.6 Å². The Morgan fingerprint density at radius 3 is 2.37 bits per heavy atom. The fourth-order valence-corrected chi connectivity index (χ4v) is 8.00. The number of alkyl halides is 3. The Balaban J connectivity index is 0.894. The number of piperazine rings is 1. The molecule has 4 fully saturated rings. The van der Waals surface area contributed by atoms with Crippen molar-refractivity contribution in [3.63, 3.8) is 0 Å². The zero-order valence-electron chi connectivity index (χ0n) is 30.5. The zero-order valence-corrected chi connectivity index (χ0v) is 31.4. The van der Waals surface area contributed by atoms with Crippen molar-refractivity contribution in [3.05, 3.63) is 77.6 Å². The summed E-state index contributed by atoms with van der Waals surface area (Å²) in [6, 6.07) is 15.2. The topological polar surface area (TPSA) is 150 Å². The number of piperidine rings is 1. The molecule has 0 aromatic heterocycles. The molecular weight excluding hydrogens is 769 g/mol. The molecule has 3 aromatic carbocycles. The van der Waals surface area contributed by atoms with Gasteiger partial charge in [0.15, 0.2) is 16.7 Å². The Labute approximate surface area is 330 Å². The number of nitriles is 1. The van der Waals surface area contributed by atoms with Crippen molar-refractivity contribution < 1.29 is 41.5 Å². The average Bonchev–Trinajstić information content (AvgIpc) is 3.40. The SMILES string of the molecule is N#Cc1ccc(N2C(=O)C3(CCC3)N(c3ccc(OCCN4CCN(CC(=O)Nc5cccc(NC6CCC(=O)NC6=O)c5)CC4)c(F)c3)C2=S)cc1C(F)(F)F. The number of nitrogens with zero attached hydrogens (tertiary/aromatic N) is 5. The van der Waals surface area contributed by atoms with Crippen molar-refractivity contribution in [1.82, 2.24) is 15.1 Å². The monoisotopic (exact) mass is 806 g/mol. The highest BCUT2D eigenvalue weighted by atomic mass is 32.1. The van der Waals surface area contributed by atoms with Crippen molar-refractivity contribution in [2.24, 2.45) is 0 Å². The highest BCUT2D eigenvalue weighted by Crippen LogP contribution is 2.48. The van der Waals surface area contributed by atoms with Gasteiger partial charge < -0.3 is 20.3 Å². The predicted octanol–water partition coefficient (Wildman–Crippen LogP) is 4.63. The Morgan fingerprint density at radius 2 is 1.70 bits per heavy atom. The number of hydrogen-bond donors (Lipinski definition) is 3. The van der Waals surface area contributed by atoms with Gasteiger partial charge in [-0.1, -0.05) is 6.07 Å². The Morgan fingerprint density at radius 1 is 0.982 bits per heavy atom. The molecule has 3 saturated heterocycles. The maximum Gasteiger partial charge on any atom is 0.417 e. The van der Waals surface area contributed by atoms with E-state index in [9.17, 15) is 37.6 Å². The standard InChI is InChI=1S/C39H38F4N8O5S/c40-30-21-28(51-37(57)50(36(55)38(51)11-2-12-38)27-6-5-24(22-44)29(20-27)39(41,42)43)7-9-32(30)56-18-17-48-13-15-49(16-14-48)23-34(53)46-26-4-1-3-25(19-26)45-31-8-10-33(52)47-35(31)54/h1,3-7,9,19-21,31,45H,2,8,10-18,23H2,(H,46,53)(H,47,52,54). The van der Waals surface area contributed by atoms with E-state index >= 15 is 4.39 Å². The lowest BCUT2D eigenvalue weighted by molar-refractivity contribution is -0.138. The van der Waals surface area contributed by atoms with Crippen molar-refractivity contribution in [2.45, 2.75) is 49.9 Å². The fraction of sp³-hybridized carbons (Fsp3) is 0.385. The molecule has 0 bridgehead atoms. The van der Waals surface area contributed by atoms with Crippen molar-refractivity contribution in [1.29, 1.82) is 5.26 Å². The van der Waals surface area contributed by atoms with Crippen LogP contribution in [0.3, 0.4) is 0 Å². The number of benzene rings is 3. The Kier molecular flexibility index (Phi) is 11.2. The lowest BCUT2D eigenvalue weighted by atomic mass is 9.75. The molecule has 3 aliphatic heterocycles. The predicted molar refractivity (Wildman–Crippen MR) is 205 cm³/mol. The maximum atomic E-state index is 15.5. The minimum absolute atomic E-state index is 0.0108. The summed E-state index contributed by atoms with van der Waals surface area (Å²) in [5, 5.41) is 17.4. The average molecular weight is 807 g/mol. The molecule has 3 aromatic rings. The van der Waals surface area contributed by atoms with Gasteiger partial charge in [0.1, 0.15) is 18.2 Å². The fourth-order valence-electron chi connectivity index (χ4n) is 7.54. The first kappa shape index (κ1) is 39.6. The summed E-state index contributed by atoms with van der Waals surface area (Å²) in [4.78, 5) is 56.8. The minimum atomic E-state index is -4.83.